The summed E-state index contributed by atoms with van der Waals surface area (Å²) in [5.41, 5.74) is 6.11. The quantitative estimate of drug-likeness (QED) is 0.900. The van der Waals surface area contributed by atoms with Crippen molar-refractivity contribution in [3.05, 3.63) is 58.4 Å². The largest absolute Gasteiger partial charge is 0.355 e. The Kier molecular flexibility index (Phi) is 4.84. The molecule has 0 aliphatic carbocycles. The van der Waals surface area contributed by atoms with Gasteiger partial charge in [0.25, 0.3) is 0 Å². The minimum Gasteiger partial charge on any atom is -0.355 e. The standard InChI is InChI=1S/C18H24N2O/c1-13-6-5-7-16(10-13)12-18(21)19-9-8-17-11-14(2)20(4)15(17)3/h5-7,10-11H,8-9,12H2,1-4H3,(H,19,21). The highest BCUT2D eigenvalue weighted by Crippen LogP contribution is 2.13. The van der Waals surface area contributed by atoms with Crippen molar-refractivity contribution in [1.82, 2.24) is 9.88 Å². The Hall–Kier alpha value is -2.03. The van der Waals surface area contributed by atoms with E-state index in [9.17, 15) is 4.79 Å². The number of nitrogens with one attached hydrogen (secondary N) is 1. The van der Waals surface area contributed by atoms with Gasteiger partial charge in [-0.2, -0.15) is 0 Å². The van der Waals surface area contributed by atoms with E-state index in [1.165, 1.54) is 22.5 Å². The van der Waals surface area contributed by atoms with Gasteiger partial charge in [-0.3, -0.25) is 4.79 Å². The lowest BCUT2D eigenvalue weighted by Gasteiger charge is -2.06. The van der Waals surface area contributed by atoms with E-state index in [4.69, 9.17) is 0 Å². The van der Waals surface area contributed by atoms with Crippen LogP contribution in [0.2, 0.25) is 0 Å². The van der Waals surface area contributed by atoms with Crippen LogP contribution in [0.5, 0.6) is 0 Å². The molecule has 21 heavy (non-hydrogen) atoms. The van der Waals surface area contributed by atoms with Crippen LogP contribution in [-0.2, 0) is 24.7 Å². The second-order valence-electron chi connectivity index (χ2n) is 5.72. The molecule has 0 aliphatic rings. The third-order valence-electron chi connectivity index (χ3n) is 4.04. The summed E-state index contributed by atoms with van der Waals surface area (Å²) in [6, 6.07) is 10.3. The SMILES string of the molecule is Cc1cccc(CC(=O)NCCc2cc(C)n(C)c2C)c1. The van der Waals surface area contributed by atoms with Crippen LogP contribution in [0.3, 0.4) is 0 Å². The van der Waals surface area contributed by atoms with E-state index in [1.54, 1.807) is 0 Å². The molecule has 1 heterocycles. The summed E-state index contributed by atoms with van der Waals surface area (Å²) in [5.74, 6) is 0.0888. The van der Waals surface area contributed by atoms with Gasteiger partial charge in [-0.25, -0.2) is 0 Å². The maximum Gasteiger partial charge on any atom is 0.224 e. The molecular weight excluding hydrogens is 260 g/mol. The Balaban J connectivity index is 1.83. The van der Waals surface area contributed by atoms with Gasteiger partial charge in [0.2, 0.25) is 5.91 Å². The van der Waals surface area contributed by atoms with E-state index in [0.717, 1.165) is 12.0 Å². The summed E-state index contributed by atoms with van der Waals surface area (Å²) in [6.07, 6.45) is 1.33. The van der Waals surface area contributed by atoms with Crippen molar-refractivity contribution in [2.24, 2.45) is 7.05 Å². The predicted molar refractivity (Wildman–Crippen MR) is 86.5 cm³/mol. The van der Waals surface area contributed by atoms with Crippen LogP contribution in [0.1, 0.15) is 28.1 Å². The highest BCUT2D eigenvalue weighted by atomic mass is 16.1. The maximum absolute atomic E-state index is 12.0. The molecule has 0 atom stereocenters. The molecule has 0 aliphatic heterocycles. The number of carbonyl (C=O) groups excluding carboxylic acids is 1. The summed E-state index contributed by atoms with van der Waals surface area (Å²) in [4.78, 5) is 12.0. The zero-order valence-electron chi connectivity index (χ0n) is 13.4. The van der Waals surface area contributed by atoms with Gasteiger partial charge < -0.3 is 9.88 Å². The third kappa shape index (κ3) is 3.97. The van der Waals surface area contributed by atoms with Crippen molar-refractivity contribution < 1.29 is 4.79 Å². The zero-order valence-corrected chi connectivity index (χ0v) is 13.4. The minimum atomic E-state index is 0.0888. The number of benzene rings is 1. The van der Waals surface area contributed by atoms with Gasteiger partial charge in [-0.15, -0.1) is 0 Å². The lowest BCUT2D eigenvalue weighted by molar-refractivity contribution is -0.120. The van der Waals surface area contributed by atoms with Crippen molar-refractivity contribution in [2.45, 2.75) is 33.6 Å². The number of aromatic nitrogens is 1. The Morgan fingerprint density at radius 2 is 1.95 bits per heavy atom. The van der Waals surface area contributed by atoms with E-state index >= 15 is 0 Å². The number of hydrogen-bond acceptors (Lipinski definition) is 1. The van der Waals surface area contributed by atoms with Gasteiger partial charge in [-0.1, -0.05) is 29.8 Å². The first-order chi connectivity index (χ1) is 9.97. The number of hydrogen-bond donors (Lipinski definition) is 1. The number of nitrogens with zero attached hydrogens (tertiary/aromatic N) is 1. The van der Waals surface area contributed by atoms with Crippen LogP contribution >= 0.6 is 0 Å². The fraction of sp³-hybridized carbons (Fsp3) is 0.389. The van der Waals surface area contributed by atoms with Crippen LogP contribution in [0.4, 0.5) is 0 Å². The average molecular weight is 284 g/mol. The van der Waals surface area contributed by atoms with Gasteiger partial charge in [0.05, 0.1) is 6.42 Å². The molecule has 1 amide bonds. The topological polar surface area (TPSA) is 34.0 Å². The van der Waals surface area contributed by atoms with Gasteiger partial charge in [0.1, 0.15) is 0 Å². The monoisotopic (exact) mass is 284 g/mol. The molecule has 3 nitrogen and oxygen atoms in total. The molecule has 112 valence electrons. The zero-order chi connectivity index (χ0) is 15.4. The van der Waals surface area contributed by atoms with Crippen LogP contribution in [0.25, 0.3) is 0 Å². The molecule has 0 fully saturated rings. The van der Waals surface area contributed by atoms with Crippen LogP contribution in [0.15, 0.2) is 30.3 Å². The van der Waals surface area contributed by atoms with Gasteiger partial charge in [-0.05, 0) is 44.4 Å². The first kappa shape index (κ1) is 15.4. The molecule has 0 unspecified atom stereocenters. The summed E-state index contributed by atoms with van der Waals surface area (Å²) >= 11 is 0. The number of amides is 1. The fourth-order valence-corrected chi connectivity index (χ4v) is 2.59. The van der Waals surface area contributed by atoms with Crippen LogP contribution < -0.4 is 5.32 Å². The van der Waals surface area contributed by atoms with E-state index in [-0.39, 0.29) is 5.91 Å². The van der Waals surface area contributed by atoms with E-state index < -0.39 is 0 Å². The lowest BCUT2D eigenvalue weighted by Crippen LogP contribution is -2.27. The molecule has 2 rings (SSSR count). The van der Waals surface area contributed by atoms with Gasteiger partial charge >= 0.3 is 0 Å². The number of rotatable bonds is 5. The van der Waals surface area contributed by atoms with Crippen molar-refractivity contribution in [3.8, 4) is 0 Å². The summed E-state index contributed by atoms with van der Waals surface area (Å²) in [6.45, 7) is 6.96. The fourth-order valence-electron chi connectivity index (χ4n) is 2.59. The minimum absolute atomic E-state index is 0.0888. The molecule has 2 aromatic rings. The molecule has 0 saturated heterocycles. The first-order valence-electron chi connectivity index (χ1n) is 7.41. The van der Waals surface area contributed by atoms with E-state index in [2.05, 4.69) is 42.9 Å². The molecule has 1 N–H and O–H groups in total. The average Bonchev–Trinajstić information content (AvgIpc) is 2.66. The van der Waals surface area contributed by atoms with Crippen LogP contribution in [-0.4, -0.2) is 17.0 Å². The Bertz CT molecular complexity index is 641. The third-order valence-corrected chi connectivity index (χ3v) is 4.04. The Morgan fingerprint density at radius 3 is 2.57 bits per heavy atom. The molecular formula is C18H24N2O. The molecule has 0 radical (unpaired) electrons. The van der Waals surface area contributed by atoms with E-state index in [1.807, 2.05) is 25.1 Å². The Labute approximate surface area is 127 Å². The molecule has 3 heteroatoms. The lowest BCUT2D eigenvalue weighted by atomic mass is 10.1. The summed E-state index contributed by atoms with van der Waals surface area (Å²) in [5, 5.41) is 3.01. The molecule has 0 bridgehead atoms. The smallest absolute Gasteiger partial charge is 0.224 e. The second-order valence-corrected chi connectivity index (χ2v) is 5.72. The first-order valence-corrected chi connectivity index (χ1v) is 7.41. The highest BCUT2D eigenvalue weighted by Gasteiger charge is 2.07. The van der Waals surface area contributed by atoms with Gasteiger partial charge in [0.15, 0.2) is 0 Å². The predicted octanol–water partition coefficient (Wildman–Crippen LogP) is 2.85. The Morgan fingerprint density at radius 1 is 1.19 bits per heavy atom. The summed E-state index contributed by atoms with van der Waals surface area (Å²) in [7, 11) is 2.07. The molecule has 0 spiro atoms. The van der Waals surface area contributed by atoms with E-state index in [0.29, 0.717) is 13.0 Å². The molecule has 1 aromatic carbocycles. The highest BCUT2D eigenvalue weighted by molar-refractivity contribution is 5.78. The second kappa shape index (κ2) is 6.61. The van der Waals surface area contributed by atoms with Crippen molar-refractivity contribution in [2.75, 3.05) is 6.54 Å². The number of aryl methyl sites for hydroxylation is 2. The van der Waals surface area contributed by atoms with Crippen molar-refractivity contribution in [3.63, 3.8) is 0 Å². The van der Waals surface area contributed by atoms with Gasteiger partial charge in [0, 0.05) is 25.0 Å². The van der Waals surface area contributed by atoms with Crippen LogP contribution in [0, 0.1) is 20.8 Å². The maximum atomic E-state index is 12.0. The van der Waals surface area contributed by atoms with Crippen molar-refractivity contribution in [1.29, 1.82) is 0 Å². The summed E-state index contributed by atoms with van der Waals surface area (Å²) < 4.78 is 2.18. The number of carbonyl (C=O) groups is 1. The normalized spacial score (nSPS) is 10.7. The molecule has 1 aromatic heterocycles. The van der Waals surface area contributed by atoms with Crippen molar-refractivity contribution >= 4 is 5.91 Å². The molecule has 0 saturated carbocycles.